The van der Waals surface area contributed by atoms with Gasteiger partial charge in [-0.25, -0.2) is 8.78 Å². The molecule has 4 aliphatic rings. The van der Waals surface area contributed by atoms with Crippen molar-refractivity contribution >= 4 is 11.6 Å². The molecule has 2 N–H and O–H groups in total. The molecule has 0 heterocycles. The van der Waals surface area contributed by atoms with Crippen LogP contribution in [0.4, 0.5) is 14.5 Å². The molecule has 5 heteroatoms. The summed E-state index contributed by atoms with van der Waals surface area (Å²) >= 11 is 0. The summed E-state index contributed by atoms with van der Waals surface area (Å²) in [4.78, 5) is 12.1. The Hall–Kier alpha value is -1.49. The number of para-hydroxylation sites is 1. The minimum atomic E-state index is -0.742. The first kappa shape index (κ1) is 15.1. The van der Waals surface area contributed by atoms with Crippen LogP contribution in [0.5, 0.6) is 0 Å². The van der Waals surface area contributed by atoms with Crippen LogP contribution in [-0.4, -0.2) is 18.0 Å². The van der Waals surface area contributed by atoms with Crippen molar-refractivity contribution in [3.8, 4) is 0 Å². The second-order valence-electron chi connectivity index (χ2n) is 7.70. The van der Waals surface area contributed by atoms with E-state index in [1.165, 1.54) is 25.3 Å². The third-order valence-corrected chi connectivity index (χ3v) is 5.89. The Labute approximate surface area is 134 Å². The van der Waals surface area contributed by atoms with Gasteiger partial charge in [-0.05, 0) is 68.4 Å². The number of benzene rings is 1. The molecule has 23 heavy (non-hydrogen) atoms. The molecule has 0 atom stereocenters. The van der Waals surface area contributed by atoms with Gasteiger partial charge in [0.25, 0.3) is 0 Å². The van der Waals surface area contributed by atoms with Gasteiger partial charge in [0, 0.05) is 5.54 Å². The van der Waals surface area contributed by atoms with Gasteiger partial charge in [-0.15, -0.1) is 0 Å². The van der Waals surface area contributed by atoms with Gasteiger partial charge >= 0.3 is 0 Å². The van der Waals surface area contributed by atoms with Gasteiger partial charge in [-0.3, -0.25) is 4.79 Å². The predicted octanol–water partition coefficient (Wildman–Crippen LogP) is 3.46. The zero-order valence-corrected chi connectivity index (χ0v) is 13.1. The molecular weight excluding hydrogens is 298 g/mol. The van der Waals surface area contributed by atoms with Gasteiger partial charge in [-0.1, -0.05) is 6.07 Å². The van der Waals surface area contributed by atoms with E-state index in [-0.39, 0.29) is 23.7 Å². The number of carbonyl (C=O) groups excluding carboxylic acids is 1. The molecule has 0 unspecified atom stereocenters. The fourth-order valence-corrected chi connectivity index (χ4v) is 5.40. The van der Waals surface area contributed by atoms with E-state index in [1.54, 1.807) is 0 Å². The van der Waals surface area contributed by atoms with Gasteiger partial charge in [0.2, 0.25) is 5.91 Å². The summed E-state index contributed by atoms with van der Waals surface area (Å²) in [7, 11) is 0. The Balaban J connectivity index is 1.39. The average Bonchev–Trinajstić information content (AvgIpc) is 2.48. The van der Waals surface area contributed by atoms with Crippen LogP contribution < -0.4 is 10.6 Å². The van der Waals surface area contributed by atoms with E-state index >= 15 is 0 Å². The molecule has 1 amide bonds. The van der Waals surface area contributed by atoms with Crippen molar-refractivity contribution in [3.63, 3.8) is 0 Å². The molecule has 0 saturated heterocycles. The van der Waals surface area contributed by atoms with E-state index < -0.39 is 11.6 Å². The first-order chi connectivity index (χ1) is 11.0. The molecule has 0 aromatic heterocycles. The van der Waals surface area contributed by atoms with Crippen molar-refractivity contribution < 1.29 is 13.6 Å². The van der Waals surface area contributed by atoms with Crippen molar-refractivity contribution in [1.82, 2.24) is 5.32 Å². The molecule has 0 radical (unpaired) electrons. The van der Waals surface area contributed by atoms with E-state index in [2.05, 4.69) is 10.6 Å². The maximum absolute atomic E-state index is 13.6. The molecular formula is C18H22F2N2O. The fraction of sp³-hybridized carbons (Fsp3) is 0.611. The molecule has 1 aromatic rings. The normalized spacial score (nSPS) is 34.6. The standard InChI is InChI=1S/C18H22F2N2O/c19-14-2-1-3-15(20)17(14)22-16(23)10-21-18-7-11-4-12(8-18)6-13(5-11)9-18/h1-3,11-13,21H,4-10H2,(H,22,23). The monoisotopic (exact) mass is 320 g/mol. The lowest BCUT2D eigenvalue weighted by molar-refractivity contribution is -0.116. The van der Waals surface area contributed by atoms with Crippen LogP contribution in [0.25, 0.3) is 0 Å². The minimum Gasteiger partial charge on any atom is -0.320 e. The van der Waals surface area contributed by atoms with Crippen LogP contribution >= 0.6 is 0 Å². The van der Waals surface area contributed by atoms with Crippen LogP contribution in [-0.2, 0) is 4.79 Å². The van der Waals surface area contributed by atoms with Crippen LogP contribution in [0, 0.1) is 29.4 Å². The number of hydrogen-bond acceptors (Lipinski definition) is 2. The molecule has 4 bridgehead atoms. The Bertz CT molecular complexity index is 576. The van der Waals surface area contributed by atoms with Crippen molar-refractivity contribution in [1.29, 1.82) is 0 Å². The molecule has 4 aliphatic carbocycles. The second-order valence-corrected chi connectivity index (χ2v) is 7.70. The number of halogens is 2. The highest BCUT2D eigenvalue weighted by Crippen LogP contribution is 2.55. The van der Waals surface area contributed by atoms with Gasteiger partial charge in [0.1, 0.15) is 17.3 Å². The van der Waals surface area contributed by atoms with Gasteiger partial charge in [0.05, 0.1) is 6.54 Å². The summed E-state index contributed by atoms with van der Waals surface area (Å²) in [6.07, 6.45) is 7.44. The van der Waals surface area contributed by atoms with Crippen molar-refractivity contribution in [2.45, 2.75) is 44.1 Å². The number of rotatable bonds is 4. The fourth-order valence-electron chi connectivity index (χ4n) is 5.40. The third kappa shape index (κ3) is 2.87. The van der Waals surface area contributed by atoms with Crippen molar-refractivity contribution in [2.24, 2.45) is 17.8 Å². The maximum Gasteiger partial charge on any atom is 0.238 e. The van der Waals surface area contributed by atoms with Gasteiger partial charge in [0.15, 0.2) is 0 Å². The highest BCUT2D eigenvalue weighted by Gasteiger charge is 2.50. The number of anilines is 1. The van der Waals surface area contributed by atoms with Crippen LogP contribution in [0.15, 0.2) is 18.2 Å². The molecule has 124 valence electrons. The molecule has 0 aliphatic heterocycles. The smallest absolute Gasteiger partial charge is 0.238 e. The lowest BCUT2D eigenvalue weighted by Gasteiger charge is -2.57. The average molecular weight is 320 g/mol. The number of hydrogen-bond donors (Lipinski definition) is 2. The van der Waals surface area contributed by atoms with Crippen molar-refractivity contribution in [2.75, 3.05) is 11.9 Å². The Morgan fingerprint density at radius 3 is 2.09 bits per heavy atom. The largest absolute Gasteiger partial charge is 0.320 e. The number of amides is 1. The maximum atomic E-state index is 13.6. The van der Waals surface area contributed by atoms with Crippen LogP contribution in [0.1, 0.15) is 38.5 Å². The van der Waals surface area contributed by atoms with E-state index in [0.29, 0.717) is 0 Å². The molecule has 4 saturated carbocycles. The second kappa shape index (κ2) is 5.55. The zero-order valence-electron chi connectivity index (χ0n) is 13.1. The quantitative estimate of drug-likeness (QED) is 0.892. The molecule has 1 aromatic carbocycles. The van der Waals surface area contributed by atoms with E-state index in [0.717, 1.165) is 49.1 Å². The molecule has 5 rings (SSSR count). The number of nitrogens with one attached hydrogen (secondary N) is 2. The minimum absolute atomic E-state index is 0.0693. The summed E-state index contributed by atoms with van der Waals surface area (Å²) in [5.41, 5.74) is -0.287. The SMILES string of the molecule is O=C(CNC12CC3CC(CC(C3)C1)C2)Nc1c(F)cccc1F. The predicted molar refractivity (Wildman–Crippen MR) is 83.9 cm³/mol. The summed E-state index contributed by atoms with van der Waals surface area (Å²) in [6.45, 7) is 0.111. The van der Waals surface area contributed by atoms with Gasteiger partial charge < -0.3 is 10.6 Å². The summed E-state index contributed by atoms with van der Waals surface area (Å²) in [6, 6.07) is 3.57. The van der Waals surface area contributed by atoms with Crippen LogP contribution in [0.3, 0.4) is 0 Å². The highest BCUT2D eigenvalue weighted by atomic mass is 19.1. The first-order valence-corrected chi connectivity index (χ1v) is 8.52. The summed E-state index contributed by atoms with van der Waals surface area (Å²) in [5, 5.41) is 5.79. The zero-order chi connectivity index (χ0) is 16.0. The van der Waals surface area contributed by atoms with E-state index in [9.17, 15) is 13.6 Å². The lowest BCUT2D eigenvalue weighted by atomic mass is 9.53. The highest BCUT2D eigenvalue weighted by molar-refractivity contribution is 5.92. The van der Waals surface area contributed by atoms with E-state index in [4.69, 9.17) is 0 Å². The molecule has 3 nitrogen and oxygen atoms in total. The van der Waals surface area contributed by atoms with Crippen LogP contribution in [0.2, 0.25) is 0 Å². The Kier molecular flexibility index (Phi) is 3.63. The Morgan fingerprint density at radius 1 is 1.04 bits per heavy atom. The van der Waals surface area contributed by atoms with E-state index in [1.807, 2.05) is 0 Å². The molecule has 4 fully saturated rings. The first-order valence-electron chi connectivity index (χ1n) is 8.52. The van der Waals surface area contributed by atoms with Gasteiger partial charge in [-0.2, -0.15) is 0 Å². The molecule has 0 spiro atoms. The summed E-state index contributed by atoms with van der Waals surface area (Å²) in [5.74, 6) is 0.508. The summed E-state index contributed by atoms with van der Waals surface area (Å²) < 4.78 is 27.2. The lowest BCUT2D eigenvalue weighted by Crippen LogP contribution is -2.59. The topological polar surface area (TPSA) is 41.1 Å². The number of carbonyl (C=O) groups is 1. The Morgan fingerprint density at radius 2 is 1.57 bits per heavy atom. The third-order valence-electron chi connectivity index (χ3n) is 5.89. The van der Waals surface area contributed by atoms with Crippen molar-refractivity contribution in [3.05, 3.63) is 29.8 Å².